The molecule has 1 N–H and O–H groups in total. The number of carbonyl (C=O) groups excluding carboxylic acids is 3. The Labute approximate surface area is 188 Å². The maximum Gasteiger partial charge on any atom is 0.330 e. The third-order valence-corrected chi connectivity index (χ3v) is 7.44. The first-order valence-corrected chi connectivity index (χ1v) is 11.2. The standard InChI is InChI=1S/C22H20ClFN2O4S/c23-17-4-2-1-3-14(17)11-25-19(27)12-30-21(29)18-13-31-22(10-9-20(28)26(18)22)15-5-7-16(24)8-6-15/h1-8,18H,9-13H2,(H,25,27). The Morgan fingerprint density at radius 2 is 1.97 bits per heavy atom. The Morgan fingerprint density at radius 3 is 2.71 bits per heavy atom. The maximum absolute atomic E-state index is 13.4. The number of rotatable bonds is 6. The van der Waals surface area contributed by atoms with E-state index < -0.39 is 29.4 Å². The second kappa shape index (κ2) is 8.88. The van der Waals surface area contributed by atoms with Crippen LogP contribution in [0.15, 0.2) is 48.5 Å². The van der Waals surface area contributed by atoms with Crippen LogP contribution in [-0.4, -0.2) is 41.1 Å². The van der Waals surface area contributed by atoms with E-state index in [0.717, 1.165) is 11.1 Å². The molecule has 0 radical (unpaired) electrons. The van der Waals surface area contributed by atoms with Crippen LogP contribution in [0.25, 0.3) is 0 Å². The highest BCUT2D eigenvalue weighted by Gasteiger charge is 2.57. The summed E-state index contributed by atoms with van der Waals surface area (Å²) in [4.78, 5) is 38.2. The zero-order chi connectivity index (χ0) is 22.0. The first-order chi connectivity index (χ1) is 14.9. The van der Waals surface area contributed by atoms with Crippen LogP contribution in [0.2, 0.25) is 5.02 Å². The molecule has 2 unspecified atom stereocenters. The van der Waals surface area contributed by atoms with Crippen LogP contribution in [0.1, 0.15) is 24.0 Å². The van der Waals surface area contributed by atoms with Crippen LogP contribution in [0, 0.1) is 5.82 Å². The highest BCUT2D eigenvalue weighted by molar-refractivity contribution is 8.00. The summed E-state index contributed by atoms with van der Waals surface area (Å²) in [7, 11) is 0. The fourth-order valence-electron chi connectivity index (χ4n) is 3.95. The molecule has 4 rings (SSSR count). The van der Waals surface area contributed by atoms with Crippen LogP contribution >= 0.6 is 23.4 Å². The average Bonchev–Trinajstić information content (AvgIpc) is 3.31. The third-order valence-electron chi connectivity index (χ3n) is 5.47. The average molecular weight is 463 g/mol. The quantitative estimate of drug-likeness (QED) is 0.667. The van der Waals surface area contributed by atoms with Gasteiger partial charge in [0.25, 0.3) is 5.91 Å². The highest BCUT2D eigenvalue weighted by atomic mass is 35.5. The molecule has 31 heavy (non-hydrogen) atoms. The van der Waals surface area contributed by atoms with E-state index in [4.69, 9.17) is 16.3 Å². The van der Waals surface area contributed by atoms with Crippen molar-refractivity contribution in [2.75, 3.05) is 12.4 Å². The van der Waals surface area contributed by atoms with Gasteiger partial charge in [-0.15, -0.1) is 11.8 Å². The van der Waals surface area contributed by atoms with E-state index in [9.17, 15) is 18.8 Å². The summed E-state index contributed by atoms with van der Waals surface area (Å²) in [5.41, 5.74) is 1.53. The van der Waals surface area contributed by atoms with E-state index in [0.29, 0.717) is 23.6 Å². The van der Waals surface area contributed by atoms with Gasteiger partial charge in [0.2, 0.25) is 5.91 Å². The number of benzene rings is 2. The molecule has 0 bridgehead atoms. The molecule has 2 aliphatic rings. The van der Waals surface area contributed by atoms with Crippen LogP contribution in [0.5, 0.6) is 0 Å². The largest absolute Gasteiger partial charge is 0.454 e. The van der Waals surface area contributed by atoms with Gasteiger partial charge in [-0.3, -0.25) is 9.59 Å². The number of esters is 1. The molecular weight excluding hydrogens is 443 g/mol. The Bertz CT molecular complexity index is 1020. The summed E-state index contributed by atoms with van der Waals surface area (Å²) in [6.45, 7) is -0.232. The van der Waals surface area contributed by atoms with E-state index in [1.165, 1.54) is 28.8 Å². The number of amides is 2. The molecule has 6 nitrogen and oxygen atoms in total. The number of fused-ring (bicyclic) bond motifs is 1. The number of hydrogen-bond acceptors (Lipinski definition) is 5. The molecule has 2 amide bonds. The van der Waals surface area contributed by atoms with Crippen LogP contribution < -0.4 is 5.32 Å². The van der Waals surface area contributed by atoms with Crippen LogP contribution in [-0.2, 0) is 30.5 Å². The predicted molar refractivity (Wildman–Crippen MR) is 115 cm³/mol. The van der Waals surface area contributed by atoms with Gasteiger partial charge in [-0.05, 0) is 35.7 Å². The second-order valence-electron chi connectivity index (χ2n) is 7.36. The van der Waals surface area contributed by atoms with Crippen LogP contribution in [0.3, 0.4) is 0 Å². The number of ether oxygens (including phenoxy) is 1. The van der Waals surface area contributed by atoms with E-state index in [-0.39, 0.29) is 18.3 Å². The maximum atomic E-state index is 13.4. The lowest BCUT2D eigenvalue weighted by Gasteiger charge is -2.33. The lowest BCUT2D eigenvalue weighted by atomic mass is 10.0. The summed E-state index contributed by atoms with van der Waals surface area (Å²) < 4.78 is 18.6. The smallest absolute Gasteiger partial charge is 0.330 e. The van der Waals surface area contributed by atoms with E-state index in [2.05, 4.69) is 5.32 Å². The van der Waals surface area contributed by atoms with Gasteiger partial charge in [-0.1, -0.05) is 41.9 Å². The number of thioether (sulfide) groups is 1. The van der Waals surface area contributed by atoms with Crippen molar-refractivity contribution in [1.82, 2.24) is 10.2 Å². The molecule has 2 fully saturated rings. The number of halogens is 2. The fraction of sp³-hybridized carbons (Fsp3) is 0.318. The second-order valence-corrected chi connectivity index (χ2v) is 9.06. The summed E-state index contributed by atoms with van der Waals surface area (Å²) in [5, 5.41) is 3.19. The van der Waals surface area contributed by atoms with E-state index in [1.807, 2.05) is 6.07 Å². The minimum Gasteiger partial charge on any atom is -0.454 e. The van der Waals surface area contributed by atoms with Gasteiger partial charge in [0, 0.05) is 23.7 Å². The topological polar surface area (TPSA) is 75.7 Å². The zero-order valence-electron chi connectivity index (χ0n) is 16.5. The number of hydrogen-bond donors (Lipinski definition) is 1. The van der Waals surface area contributed by atoms with Crippen molar-refractivity contribution in [3.63, 3.8) is 0 Å². The molecule has 2 heterocycles. The Hall–Kier alpha value is -2.58. The van der Waals surface area contributed by atoms with Gasteiger partial charge in [-0.2, -0.15) is 0 Å². The van der Waals surface area contributed by atoms with Crippen LogP contribution in [0.4, 0.5) is 4.39 Å². The Morgan fingerprint density at radius 1 is 1.23 bits per heavy atom. The molecule has 0 spiro atoms. The molecule has 0 aromatic heterocycles. The first-order valence-electron chi connectivity index (χ1n) is 9.79. The molecular formula is C22H20ClFN2O4S. The first kappa shape index (κ1) is 21.6. The van der Waals surface area contributed by atoms with Crippen molar-refractivity contribution in [1.29, 1.82) is 0 Å². The molecule has 162 valence electrons. The van der Waals surface area contributed by atoms with Gasteiger partial charge in [0.15, 0.2) is 6.61 Å². The molecule has 2 aromatic carbocycles. The third kappa shape index (κ3) is 4.27. The van der Waals surface area contributed by atoms with Gasteiger partial charge in [-0.25, -0.2) is 9.18 Å². The van der Waals surface area contributed by atoms with Gasteiger partial charge >= 0.3 is 5.97 Å². The van der Waals surface area contributed by atoms with Crippen molar-refractivity contribution < 1.29 is 23.5 Å². The van der Waals surface area contributed by atoms with Crippen molar-refractivity contribution in [3.05, 3.63) is 70.5 Å². The summed E-state index contributed by atoms with van der Waals surface area (Å²) in [6.07, 6.45) is 0.830. The molecule has 0 saturated carbocycles. The molecule has 2 aliphatic heterocycles. The Kier molecular flexibility index (Phi) is 6.20. The monoisotopic (exact) mass is 462 g/mol. The summed E-state index contributed by atoms with van der Waals surface area (Å²) >= 11 is 7.53. The number of carbonyl (C=O) groups is 3. The molecule has 0 aliphatic carbocycles. The minimum absolute atomic E-state index is 0.153. The van der Waals surface area contributed by atoms with E-state index >= 15 is 0 Å². The molecule has 2 aromatic rings. The minimum atomic E-state index is -0.790. The SMILES string of the molecule is O=C(COC(=O)C1CSC2(c3ccc(F)cc3)CCC(=O)N12)NCc1ccccc1Cl. The highest BCUT2D eigenvalue weighted by Crippen LogP contribution is 2.54. The van der Waals surface area contributed by atoms with Crippen molar-refractivity contribution in [2.45, 2.75) is 30.3 Å². The number of nitrogens with one attached hydrogen (secondary N) is 1. The zero-order valence-corrected chi connectivity index (χ0v) is 18.0. The Balaban J connectivity index is 1.37. The van der Waals surface area contributed by atoms with Gasteiger partial charge < -0.3 is 15.0 Å². The lowest BCUT2D eigenvalue weighted by molar-refractivity contribution is -0.156. The van der Waals surface area contributed by atoms with Crippen molar-refractivity contribution in [3.8, 4) is 0 Å². The molecule has 2 saturated heterocycles. The lowest BCUT2D eigenvalue weighted by Crippen LogP contribution is -2.47. The molecule has 2 atom stereocenters. The normalized spacial score (nSPS) is 22.3. The summed E-state index contributed by atoms with van der Waals surface area (Å²) in [6, 6.07) is 12.3. The fourth-order valence-corrected chi connectivity index (χ4v) is 5.79. The van der Waals surface area contributed by atoms with Gasteiger partial charge in [0.1, 0.15) is 16.7 Å². The van der Waals surface area contributed by atoms with Gasteiger partial charge in [0.05, 0.1) is 0 Å². The number of nitrogens with zero attached hydrogens (tertiary/aromatic N) is 1. The summed E-state index contributed by atoms with van der Waals surface area (Å²) in [5.74, 6) is -1.25. The predicted octanol–water partition coefficient (Wildman–Crippen LogP) is 3.23. The van der Waals surface area contributed by atoms with Crippen molar-refractivity contribution in [2.24, 2.45) is 0 Å². The molecule has 9 heteroatoms. The van der Waals surface area contributed by atoms with E-state index in [1.54, 1.807) is 30.3 Å². The van der Waals surface area contributed by atoms with Crippen molar-refractivity contribution >= 4 is 41.1 Å².